The van der Waals surface area contributed by atoms with Crippen molar-refractivity contribution in [3.8, 4) is 0 Å². The Kier molecular flexibility index (Phi) is 6.92. The molecule has 8 heteroatoms. The third-order valence-corrected chi connectivity index (χ3v) is 6.20. The number of amides is 2. The molecule has 0 saturated carbocycles. The van der Waals surface area contributed by atoms with Gasteiger partial charge in [0.1, 0.15) is 0 Å². The zero-order valence-corrected chi connectivity index (χ0v) is 16.9. The summed E-state index contributed by atoms with van der Waals surface area (Å²) < 4.78 is 26.2. The van der Waals surface area contributed by atoms with Crippen molar-refractivity contribution in [3.63, 3.8) is 0 Å². The number of rotatable bonds is 7. The number of benzene rings is 1. The standard InChI is InChI=1S/C19H26N4O3S/c1-14(2)23(4)27(25,26)18-10-8-16(9-11-18)12-20-19(24)21-13-17-7-5-6-15(3)22-17/h5-11,14H,12-13H2,1-4H3,(H2,20,21,24). The van der Waals surface area contributed by atoms with Gasteiger partial charge in [0.15, 0.2) is 0 Å². The first-order valence-electron chi connectivity index (χ1n) is 8.71. The van der Waals surface area contributed by atoms with Crippen LogP contribution in [0.4, 0.5) is 4.79 Å². The largest absolute Gasteiger partial charge is 0.334 e. The van der Waals surface area contributed by atoms with Crippen LogP contribution < -0.4 is 10.6 Å². The Morgan fingerprint density at radius 3 is 2.30 bits per heavy atom. The van der Waals surface area contributed by atoms with E-state index in [4.69, 9.17) is 0 Å². The van der Waals surface area contributed by atoms with Crippen LogP contribution in [0.2, 0.25) is 0 Å². The Bertz CT molecular complexity index is 880. The molecule has 0 aliphatic rings. The molecule has 2 N–H and O–H groups in total. The number of carbonyl (C=O) groups is 1. The molecule has 0 bridgehead atoms. The molecule has 1 aromatic carbocycles. The lowest BCUT2D eigenvalue weighted by Crippen LogP contribution is -2.35. The van der Waals surface area contributed by atoms with Crippen LogP contribution in [0.15, 0.2) is 47.4 Å². The first-order valence-corrected chi connectivity index (χ1v) is 10.2. The second-order valence-electron chi connectivity index (χ2n) is 6.57. The van der Waals surface area contributed by atoms with Crippen molar-refractivity contribution in [2.75, 3.05) is 7.05 Å². The minimum atomic E-state index is -3.50. The number of urea groups is 1. The number of nitrogens with one attached hydrogen (secondary N) is 2. The highest BCUT2D eigenvalue weighted by molar-refractivity contribution is 7.89. The van der Waals surface area contributed by atoms with Crippen molar-refractivity contribution in [1.29, 1.82) is 0 Å². The SMILES string of the molecule is Cc1cccc(CNC(=O)NCc2ccc(S(=O)(=O)N(C)C(C)C)cc2)n1. The van der Waals surface area contributed by atoms with E-state index in [1.807, 2.05) is 39.0 Å². The van der Waals surface area contributed by atoms with Gasteiger partial charge in [0.2, 0.25) is 10.0 Å². The normalized spacial score (nSPS) is 11.6. The topological polar surface area (TPSA) is 91.4 Å². The predicted octanol–water partition coefficient (Wildman–Crippen LogP) is 2.42. The zero-order chi connectivity index (χ0) is 20.0. The zero-order valence-electron chi connectivity index (χ0n) is 16.1. The molecular formula is C19H26N4O3S. The Hall–Kier alpha value is -2.45. The fraction of sp³-hybridized carbons (Fsp3) is 0.368. The van der Waals surface area contributed by atoms with E-state index in [1.54, 1.807) is 31.3 Å². The molecule has 0 atom stereocenters. The molecule has 0 saturated heterocycles. The summed E-state index contributed by atoms with van der Waals surface area (Å²) in [5, 5.41) is 5.49. The summed E-state index contributed by atoms with van der Waals surface area (Å²) in [4.78, 5) is 16.5. The lowest BCUT2D eigenvalue weighted by Gasteiger charge is -2.21. The Balaban J connectivity index is 1.88. The van der Waals surface area contributed by atoms with Gasteiger partial charge in [0.25, 0.3) is 0 Å². The molecule has 0 aliphatic carbocycles. The average molecular weight is 391 g/mol. The molecule has 7 nitrogen and oxygen atoms in total. The van der Waals surface area contributed by atoms with Gasteiger partial charge in [-0.1, -0.05) is 18.2 Å². The third-order valence-electron chi connectivity index (χ3n) is 4.16. The number of aryl methyl sites for hydroxylation is 1. The molecule has 0 radical (unpaired) electrons. The van der Waals surface area contributed by atoms with Crippen LogP contribution in [0.3, 0.4) is 0 Å². The van der Waals surface area contributed by atoms with Gasteiger partial charge in [0.05, 0.1) is 17.1 Å². The molecule has 2 amide bonds. The van der Waals surface area contributed by atoms with Crippen molar-refractivity contribution in [2.24, 2.45) is 0 Å². The first-order chi connectivity index (χ1) is 12.7. The van der Waals surface area contributed by atoms with Gasteiger partial charge in [0, 0.05) is 25.3 Å². The second kappa shape index (κ2) is 8.96. The smallest absolute Gasteiger partial charge is 0.315 e. The van der Waals surface area contributed by atoms with E-state index in [0.717, 1.165) is 17.0 Å². The molecule has 1 heterocycles. The number of aromatic nitrogens is 1. The predicted molar refractivity (Wildman–Crippen MR) is 105 cm³/mol. The Morgan fingerprint density at radius 1 is 1.07 bits per heavy atom. The van der Waals surface area contributed by atoms with Gasteiger partial charge in [-0.2, -0.15) is 4.31 Å². The molecule has 27 heavy (non-hydrogen) atoms. The highest BCUT2D eigenvalue weighted by Crippen LogP contribution is 2.17. The number of sulfonamides is 1. The molecular weight excluding hydrogens is 364 g/mol. The van der Waals surface area contributed by atoms with Gasteiger partial charge >= 0.3 is 6.03 Å². The molecule has 0 spiro atoms. The highest BCUT2D eigenvalue weighted by Gasteiger charge is 2.22. The maximum absolute atomic E-state index is 12.4. The minimum Gasteiger partial charge on any atom is -0.334 e. The van der Waals surface area contributed by atoms with E-state index in [0.29, 0.717) is 13.1 Å². The highest BCUT2D eigenvalue weighted by atomic mass is 32.2. The number of nitrogens with zero attached hydrogens (tertiary/aromatic N) is 2. The van der Waals surface area contributed by atoms with E-state index in [1.165, 1.54) is 4.31 Å². The van der Waals surface area contributed by atoms with Crippen LogP contribution >= 0.6 is 0 Å². The van der Waals surface area contributed by atoms with Crippen molar-refractivity contribution in [2.45, 2.75) is 44.8 Å². The Morgan fingerprint density at radius 2 is 1.70 bits per heavy atom. The third kappa shape index (κ3) is 5.77. The maximum atomic E-state index is 12.4. The van der Waals surface area contributed by atoms with Crippen LogP contribution in [0.25, 0.3) is 0 Å². The van der Waals surface area contributed by atoms with Gasteiger partial charge < -0.3 is 10.6 Å². The number of carbonyl (C=O) groups excluding carboxylic acids is 1. The summed E-state index contributed by atoms with van der Waals surface area (Å²) in [6, 6.07) is 11.7. The Labute approximate surface area is 160 Å². The van der Waals surface area contributed by atoms with E-state index in [-0.39, 0.29) is 17.0 Å². The van der Waals surface area contributed by atoms with E-state index < -0.39 is 10.0 Å². The summed E-state index contributed by atoms with van der Waals surface area (Å²) in [6.45, 7) is 6.17. The molecule has 0 fully saturated rings. The van der Waals surface area contributed by atoms with Crippen LogP contribution in [0, 0.1) is 6.92 Å². The molecule has 1 aromatic heterocycles. The van der Waals surface area contributed by atoms with Crippen LogP contribution in [0.1, 0.15) is 30.8 Å². The molecule has 0 unspecified atom stereocenters. The summed E-state index contributed by atoms with van der Waals surface area (Å²) in [5.41, 5.74) is 2.49. The second-order valence-corrected chi connectivity index (χ2v) is 8.56. The van der Waals surface area contributed by atoms with Gasteiger partial charge in [-0.3, -0.25) is 4.98 Å². The first kappa shape index (κ1) is 20.9. The molecule has 146 valence electrons. The van der Waals surface area contributed by atoms with Crippen LogP contribution in [0.5, 0.6) is 0 Å². The van der Waals surface area contributed by atoms with Crippen LogP contribution in [-0.2, 0) is 23.1 Å². The fourth-order valence-corrected chi connectivity index (χ4v) is 3.70. The summed E-state index contributed by atoms with van der Waals surface area (Å²) >= 11 is 0. The van der Waals surface area contributed by atoms with Crippen molar-refractivity contribution in [1.82, 2.24) is 19.9 Å². The molecule has 0 aliphatic heterocycles. The number of hydrogen-bond acceptors (Lipinski definition) is 4. The fourth-order valence-electron chi connectivity index (χ4n) is 2.34. The summed E-state index contributed by atoms with van der Waals surface area (Å²) in [5.74, 6) is 0. The van der Waals surface area contributed by atoms with Gasteiger partial charge in [-0.15, -0.1) is 0 Å². The quantitative estimate of drug-likeness (QED) is 0.759. The number of hydrogen-bond donors (Lipinski definition) is 2. The molecule has 2 rings (SSSR count). The van der Waals surface area contributed by atoms with E-state index in [2.05, 4.69) is 15.6 Å². The average Bonchev–Trinajstić information content (AvgIpc) is 2.64. The monoisotopic (exact) mass is 390 g/mol. The van der Waals surface area contributed by atoms with Gasteiger partial charge in [-0.25, -0.2) is 13.2 Å². The maximum Gasteiger partial charge on any atom is 0.315 e. The lowest BCUT2D eigenvalue weighted by atomic mass is 10.2. The molecule has 2 aromatic rings. The lowest BCUT2D eigenvalue weighted by molar-refractivity contribution is 0.240. The van der Waals surface area contributed by atoms with Crippen molar-refractivity contribution in [3.05, 3.63) is 59.4 Å². The number of pyridine rings is 1. The van der Waals surface area contributed by atoms with E-state index in [9.17, 15) is 13.2 Å². The summed E-state index contributed by atoms with van der Waals surface area (Å²) in [7, 11) is -1.94. The van der Waals surface area contributed by atoms with E-state index >= 15 is 0 Å². The van der Waals surface area contributed by atoms with Crippen molar-refractivity contribution < 1.29 is 13.2 Å². The van der Waals surface area contributed by atoms with Gasteiger partial charge in [-0.05, 0) is 50.6 Å². The minimum absolute atomic E-state index is 0.122. The van der Waals surface area contributed by atoms with Crippen LogP contribution in [-0.4, -0.2) is 36.8 Å². The van der Waals surface area contributed by atoms with Crippen molar-refractivity contribution >= 4 is 16.1 Å². The summed E-state index contributed by atoms with van der Waals surface area (Å²) in [6.07, 6.45) is 0.